The zero-order valence-corrected chi connectivity index (χ0v) is 15.4. The van der Waals surface area contributed by atoms with Crippen molar-refractivity contribution in [2.24, 2.45) is 0 Å². The van der Waals surface area contributed by atoms with Gasteiger partial charge in [-0.25, -0.2) is 14.3 Å². The van der Waals surface area contributed by atoms with Crippen molar-refractivity contribution >= 4 is 11.7 Å². The fourth-order valence-corrected chi connectivity index (χ4v) is 3.13. The van der Waals surface area contributed by atoms with Crippen LogP contribution in [0.2, 0.25) is 0 Å². The lowest BCUT2D eigenvalue weighted by atomic mass is 10.1. The largest absolute Gasteiger partial charge is 0.310 e. The Kier molecular flexibility index (Phi) is 5.17. The van der Waals surface area contributed by atoms with E-state index < -0.39 is 0 Å². The van der Waals surface area contributed by atoms with Crippen LogP contribution in [0.4, 0.5) is 5.82 Å². The van der Waals surface area contributed by atoms with Gasteiger partial charge in [-0.2, -0.15) is 10.2 Å². The average molecular weight is 345 g/mol. The summed E-state index contributed by atoms with van der Waals surface area (Å²) in [5, 5.41) is 15.1. The van der Waals surface area contributed by atoms with Gasteiger partial charge in [-0.1, -0.05) is 6.92 Å². The van der Waals surface area contributed by atoms with Gasteiger partial charge in [-0.05, 0) is 27.2 Å². The van der Waals surface area contributed by atoms with Crippen LogP contribution in [0.3, 0.4) is 0 Å². The molecule has 0 aromatic carbocycles. The van der Waals surface area contributed by atoms with Crippen LogP contribution < -0.4 is 10.6 Å². The highest BCUT2D eigenvalue weighted by Crippen LogP contribution is 2.15. The first-order valence-corrected chi connectivity index (χ1v) is 9.01. The van der Waals surface area contributed by atoms with Crippen molar-refractivity contribution in [2.45, 2.75) is 71.6 Å². The van der Waals surface area contributed by atoms with Gasteiger partial charge in [0.25, 0.3) is 0 Å². The Labute approximate surface area is 148 Å². The minimum atomic E-state index is -0.295. The fourth-order valence-electron chi connectivity index (χ4n) is 3.13. The molecule has 2 N–H and O–H groups in total. The third-order valence-corrected chi connectivity index (χ3v) is 4.51. The van der Waals surface area contributed by atoms with Gasteiger partial charge in [0.1, 0.15) is 11.6 Å². The number of rotatable bonds is 6. The van der Waals surface area contributed by atoms with E-state index in [4.69, 9.17) is 0 Å². The minimum Gasteiger partial charge on any atom is -0.310 e. The van der Waals surface area contributed by atoms with Crippen molar-refractivity contribution < 1.29 is 4.79 Å². The maximum Gasteiger partial charge on any atom is 0.242 e. The summed E-state index contributed by atoms with van der Waals surface area (Å²) in [6.45, 7) is 8.77. The second kappa shape index (κ2) is 7.35. The van der Waals surface area contributed by atoms with E-state index in [1.165, 1.54) is 0 Å². The number of carbonyl (C=O) groups is 1. The van der Waals surface area contributed by atoms with Crippen LogP contribution in [0.25, 0.3) is 0 Å². The number of nitrogens with zero attached hydrogens (tertiary/aromatic N) is 5. The number of hydrogen-bond donors (Lipinski definition) is 2. The van der Waals surface area contributed by atoms with Crippen LogP contribution in [0.5, 0.6) is 0 Å². The van der Waals surface area contributed by atoms with E-state index in [0.717, 1.165) is 43.3 Å². The molecule has 1 aliphatic heterocycles. The quantitative estimate of drug-likeness (QED) is 0.829. The van der Waals surface area contributed by atoms with Gasteiger partial charge in [0.05, 0.1) is 18.8 Å². The molecule has 3 rings (SSSR count). The zero-order valence-electron chi connectivity index (χ0n) is 15.4. The Morgan fingerprint density at radius 2 is 2.20 bits per heavy atom. The molecule has 8 nitrogen and oxygen atoms in total. The number of carbonyl (C=O) groups excluding carboxylic acids is 1. The summed E-state index contributed by atoms with van der Waals surface area (Å²) in [5.41, 5.74) is 0. The Hall–Kier alpha value is -2.22. The van der Waals surface area contributed by atoms with Gasteiger partial charge >= 0.3 is 0 Å². The van der Waals surface area contributed by atoms with Crippen molar-refractivity contribution in [1.82, 2.24) is 29.9 Å². The van der Waals surface area contributed by atoms with Crippen LogP contribution in [0, 0.1) is 0 Å². The Bertz CT molecular complexity index is 733. The van der Waals surface area contributed by atoms with Gasteiger partial charge in [0.2, 0.25) is 5.91 Å². The molecule has 0 unspecified atom stereocenters. The molecule has 0 spiro atoms. The Balaban J connectivity index is 1.57. The summed E-state index contributed by atoms with van der Waals surface area (Å²) in [7, 11) is 0. The monoisotopic (exact) mass is 345 g/mol. The van der Waals surface area contributed by atoms with Crippen molar-refractivity contribution in [3.8, 4) is 0 Å². The molecule has 1 aliphatic rings. The highest BCUT2D eigenvalue weighted by atomic mass is 16.2. The molecule has 136 valence electrons. The van der Waals surface area contributed by atoms with E-state index in [0.29, 0.717) is 0 Å². The van der Waals surface area contributed by atoms with E-state index >= 15 is 0 Å². The molecule has 25 heavy (non-hydrogen) atoms. The van der Waals surface area contributed by atoms with E-state index in [-0.39, 0.29) is 24.0 Å². The molecule has 2 aromatic rings. The summed E-state index contributed by atoms with van der Waals surface area (Å²) in [4.78, 5) is 17.0. The van der Waals surface area contributed by atoms with Crippen molar-refractivity contribution in [3.63, 3.8) is 0 Å². The molecule has 0 saturated carbocycles. The first-order chi connectivity index (χ1) is 12.0. The van der Waals surface area contributed by atoms with Crippen molar-refractivity contribution in [3.05, 3.63) is 23.9 Å². The Morgan fingerprint density at radius 1 is 1.40 bits per heavy atom. The SMILES string of the molecule is CCc1nc2n(n1)C[C@@H](N[C@@H](C)C(=O)Nc1ccnn1C(C)C)CC2. The lowest BCUT2D eigenvalue weighted by Gasteiger charge is -2.26. The third-order valence-electron chi connectivity index (χ3n) is 4.51. The molecule has 0 aliphatic carbocycles. The minimum absolute atomic E-state index is 0.0546. The first kappa shape index (κ1) is 17.6. The highest BCUT2D eigenvalue weighted by molar-refractivity contribution is 5.93. The zero-order chi connectivity index (χ0) is 18.0. The number of aromatic nitrogens is 5. The number of hydrogen-bond acceptors (Lipinski definition) is 5. The number of amides is 1. The number of fused-ring (bicyclic) bond motifs is 1. The maximum atomic E-state index is 12.5. The summed E-state index contributed by atoms with van der Waals surface area (Å²) in [6, 6.07) is 1.94. The van der Waals surface area contributed by atoms with Gasteiger partial charge < -0.3 is 10.6 Å². The van der Waals surface area contributed by atoms with Crippen LogP contribution in [-0.2, 0) is 24.2 Å². The van der Waals surface area contributed by atoms with Gasteiger partial charge in [0, 0.05) is 31.0 Å². The molecular formula is C17H27N7O. The van der Waals surface area contributed by atoms with Crippen LogP contribution >= 0.6 is 0 Å². The van der Waals surface area contributed by atoms with E-state index in [1.807, 2.05) is 31.5 Å². The first-order valence-electron chi connectivity index (χ1n) is 9.01. The number of nitrogens with one attached hydrogen (secondary N) is 2. The molecular weight excluding hydrogens is 318 g/mol. The molecule has 0 radical (unpaired) electrons. The van der Waals surface area contributed by atoms with Crippen LogP contribution in [0.1, 0.15) is 51.8 Å². The van der Waals surface area contributed by atoms with E-state index in [2.05, 4.69) is 32.7 Å². The maximum absolute atomic E-state index is 12.5. The smallest absolute Gasteiger partial charge is 0.242 e. The second-order valence-electron chi connectivity index (χ2n) is 6.85. The van der Waals surface area contributed by atoms with Gasteiger partial charge in [-0.15, -0.1) is 0 Å². The molecule has 2 aromatic heterocycles. The highest BCUT2D eigenvalue weighted by Gasteiger charge is 2.25. The van der Waals surface area contributed by atoms with Crippen LogP contribution in [-0.4, -0.2) is 42.5 Å². The molecule has 2 atom stereocenters. The fraction of sp³-hybridized carbons (Fsp3) is 0.647. The predicted molar refractivity (Wildman–Crippen MR) is 95.3 cm³/mol. The summed E-state index contributed by atoms with van der Waals surface area (Å²) < 4.78 is 3.78. The summed E-state index contributed by atoms with van der Waals surface area (Å²) in [5.74, 6) is 2.61. The summed E-state index contributed by atoms with van der Waals surface area (Å²) in [6.07, 6.45) is 4.40. The van der Waals surface area contributed by atoms with Crippen molar-refractivity contribution in [2.75, 3.05) is 5.32 Å². The van der Waals surface area contributed by atoms with Crippen molar-refractivity contribution in [1.29, 1.82) is 0 Å². The molecule has 0 saturated heterocycles. The standard InChI is InChI=1S/C17H27N7O/c1-5-14-20-15-7-6-13(10-23(15)22-14)19-12(4)17(25)21-16-8-9-18-24(16)11(2)3/h8-9,11-13,19H,5-7,10H2,1-4H3,(H,21,25)/t12-,13-/m0/s1. The van der Waals surface area contributed by atoms with Crippen LogP contribution in [0.15, 0.2) is 12.3 Å². The molecule has 3 heterocycles. The number of aryl methyl sites for hydroxylation is 2. The predicted octanol–water partition coefficient (Wildman–Crippen LogP) is 1.55. The Morgan fingerprint density at radius 3 is 2.92 bits per heavy atom. The summed E-state index contributed by atoms with van der Waals surface area (Å²) >= 11 is 0. The van der Waals surface area contributed by atoms with E-state index in [9.17, 15) is 4.79 Å². The molecule has 0 bridgehead atoms. The lowest BCUT2D eigenvalue weighted by molar-refractivity contribution is -0.118. The molecule has 1 amide bonds. The number of anilines is 1. The second-order valence-corrected chi connectivity index (χ2v) is 6.85. The van der Waals surface area contributed by atoms with Gasteiger partial charge in [0.15, 0.2) is 5.82 Å². The van der Waals surface area contributed by atoms with Gasteiger partial charge in [-0.3, -0.25) is 4.79 Å². The van der Waals surface area contributed by atoms with E-state index in [1.54, 1.807) is 10.9 Å². The molecule has 0 fully saturated rings. The lowest BCUT2D eigenvalue weighted by Crippen LogP contribution is -2.47. The third kappa shape index (κ3) is 3.89. The normalized spacial score (nSPS) is 18.2. The molecule has 8 heteroatoms. The topological polar surface area (TPSA) is 89.7 Å². The average Bonchev–Trinajstić information content (AvgIpc) is 3.20.